The van der Waals surface area contributed by atoms with Crippen molar-refractivity contribution in [3.8, 4) is 0 Å². The quantitative estimate of drug-likeness (QED) is 0.464. The summed E-state index contributed by atoms with van der Waals surface area (Å²) >= 11 is 0. The molecule has 1 aliphatic heterocycles. The molecule has 2 heterocycles. The molecule has 0 saturated carbocycles. The second-order valence-corrected chi connectivity index (χ2v) is 4.72. The van der Waals surface area contributed by atoms with Crippen LogP contribution in [0.5, 0.6) is 0 Å². The number of carbonyl (C=O) groups excluding carboxylic acids is 1. The maximum atomic E-state index is 11.4. The van der Waals surface area contributed by atoms with Crippen molar-refractivity contribution in [2.45, 2.75) is 25.5 Å². The maximum Gasteiger partial charge on any atom is 0.283 e. The number of likely N-dealkylation sites (tertiary alicyclic amines) is 1. The van der Waals surface area contributed by atoms with Crippen LogP contribution in [0, 0.1) is 0 Å². The van der Waals surface area contributed by atoms with E-state index in [0.717, 1.165) is 38.2 Å². The molecule has 19 heavy (non-hydrogen) atoms. The molecule has 1 aromatic heterocycles. The number of ether oxygens (including phenoxy) is 1. The SMILES string of the molecule is COC1CCCN(Cc2cccc(C(=O)NN)n2)C1. The lowest BCUT2D eigenvalue weighted by Gasteiger charge is -2.31. The summed E-state index contributed by atoms with van der Waals surface area (Å²) in [6.45, 7) is 2.67. The van der Waals surface area contributed by atoms with E-state index in [2.05, 4.69) is 15.3 Å². The standard InChI is InChI=1S/C13H20N4O2/c1-19-11-5-3-7-17(9-11)8-10-4-2-6-12(15-10)13(18)16-14/h2,4,6,11H,3,5,7-9,14H2,1H3,(H,16,18). The zero-order chi connectivity index (χ0) is 13.7. The first-order valence-electron chi connectivity index (χ1n) is 6.45. The van der Waals surface area contributed by atoms with Gasteiger partial charge in [-0.05, 0) is 31.5 Å². The molecule has 0 aliphatic carbocycles. The minimum atomic E-state index is -0.365. The number of amides is 1. The third-order valence-corrected chi connectivity index (χ3v) is 3.35. The smallest absolute Gasteiger partial charge is 0.283 e. The molecule has 1 unspecified atom stereocenters. The highest BCUT2D eigenvalue weighted by molar-refractivity contribution is 5.91. The minimum absolute atomic E-state index is 0.296. The Bertz CT molecular complexity index is 438. The van der Waals surface area contributed by atoms with Crippen LogP contribution in [0.4, 0.5) is 0 Å². The van der Waals surface area contributed by atoms with Crippen molar-refractivity contribution in [1.29, 1.82) is 0 Å². The number of carbonyl (C=O) groups is 1. The fraction of sp³-hybridized carbons (Fsp3) is 0.538. The van der Waals surface area contributed by atoms with Crippen LogP contribution >= 0.6 is 0 Å². The van der Waals surface area contributed by atoms with E-state index in [0.29, 0.717) is 11.8 Å². The number of hydrogen-bond acceptors (Lipinski definition) is 5. The Morgan fingerprint density at radius 1 is 1.63 bits per heavy atom. The van der Waals surface area contributed by atoms with Gasteiger partial charge in [-0.15, -0.1) is 0 Å². The van der Waals surface area contributed by atoms with Gasteiger partial charge >= 0.3 is 0 Å². The molecular weight excluding hydrogens is 244 g/mol. The van der Waals surface area contributed by atoms with Crippen LogP contribution in [0.3, 0.4) is 0 Å². The first kappa shape index (κ1) is 13.9. The van der Waals surface area contributed by atoms with Gasteiger partial charge in [-0.2, -0.15) is 0 Å². The van der Waals surface area contributed by atoms with Crippen LogP contribution in [0.15, 0.2) is 18.2 Å². The molecule has 1 aliphatic rings. The van der Waals surface area contributed by atoms with Gasteiger partial charge in [0.1, 0.15) is 5.69 Å². The number of hydrazine groups is 1. The third kappa shape index (κ3) is 3.73. The Morgan fingerprint density at radius 2 is 2.47 bits per heavy atom. The van der Waals surface area contributed by atoms with Crippen molar-refractivity contribution in [3.63, 3.8) is 0 Å². The van der Waals surface area contributed by atoms with Gasteiger partial charge in [0.2, 0.25) is 0 Å². The number of hydrogen-bond donors (Lipinski definition) is 2. The van der Waals surface area contributed by atoms with Crippen molar-refractivity contribution < 1.29 is 9.53 Å². The minimum Gasteiger partial charge on any atom is -0.380 e. The van der Waals surface area contributed by atoms with E-state index in [1.807, 2.05) is 12.1 Å². The zero-order valence-electron chi connectivity index (χ0n) is 11.1. The third-order valence-electron chi connectivity index (χ3n) is 3.35. The zero-order valence-corrected chi connectivity index (χ0v) is 11.1. The molecule has 6 nitrogen and oxygen atoms in total. The summed E-state index contributed by atoms with van der Waals surface area (Å²) in [5.41, 5.74) is 3.31. The van der Waals surface area contributed by atoms with Crippen molar-refractivity contribution in [2.75, 3.05) is 20.2 Å². The van der Waals surface area contributed by atoms with Crippen LogP contribution in [0.25, 0.3) is 0 Å². The number of nitrogens with one attached hydrogen (secondary N) is 1. The van der Waals surface area contributed by atoms with Gasteiger partial charge in [0.25, 0.3) is 5.91 Å². The van der Waals surface area contributed by atoms with E-state index in [1.165, 1.54) is 0 Å². The van der Waals surface area contributed by atoms with E-state index < -0.39 is 0 Å². The summed E-state index contributed by atoms with van der Waals surface area (Å²) in [7, 11) is 1.75. The first-order valence-corrected chi connectivity index (χ1v) is 6.45. The second kappa shape index (κ2) is 6.60. The van der Waals surface area contributed by atoms with Crippen molar-refractivity contribution in [3.05, 3.63) is 29.6 Å². The lowest BCUT2D eigenvalue weighted by atomic mass is 10.1. The fourth-order valence-corrected chi connectivity index (χ4v) is 2.35. The molecule has 1 amide bonds. The topological polar surface area (TPSA) is 80.5 Å². The lowest BCUT2D eigenvalue weighted by Crippen LogP contribution is -2.39. The van der Waals surface area contributed by atoms with E-state index >= 15 is 0 Å². The summed E-state index contributed by atoms with van der Waals surface area (Å²) in [6.07, 6.45) is 2.53. The predicted octanol–water partition coefficient (Wildman–Crippen LogP) is 0.296. The summed E-state index contributed by atoms with van der Waals surface area (Å²) in [5.74, 6) is 4.74. The van der Waals surface area contributed by atoms with Crippen LogP contribution in [-0.2, 0) is 11.3 Å². The molecule has 0 bridgehead atoms. The molecule has 2 rings (SSSR count). The highest BCUT2D eigenvalue weighted by atomic mass is 16.5. The molecule has 1 aromatic rings. The summed E-state index contributed by atoms with van der Waals surface area (Å²) in [4.78, 5) is 18.0. The van der Waals surface area contributed by atoms with E-state index in [9.17, 15) is 4.79 Å². The lowest BCUT2D eigenvalue weighted by molar-refractivity contribution is 0.0281. The highest BCUT2D eigenvalue weighted by Crippen LogP contribution is 2.14. The van der Waals surface area contributed by atoms with Crippen molar-refractivity contribution in [1.82, 2.24) is 15.3 Å². The molecule has 104 valence electrons. The number of nitrogens with zero attached hydrogens (tertiary/aromatic N) is 2. The molecular formula is C13H20N4O2. The summed E-state index contributed by atoms with van der Waals surface area (Å²) in [6, 6.07) is 5.40. The Labute approximate surface area is 112 Å². The molecule has 3 N–H and O–H groups in total. The Kier molecular flexibility index (Phi) is 4.84. The van der Waals surface area contributed by atoms with Gasteiger partial charge in [-0.25, -0.2) is 10.8 Å². The number of aromatic nitrogens is 1. The molecule has 1 fully saturated rings. The Hall–Kier alpha value is -1.50. The summed E-state index contributed by atoms with van der Waals surface area (Å²) in [5, 5.41) is 0. The average molecular weight is 264 g/mol. The van der Waals surface area contributed by atoms with Crippen LogP contribution < -0.4 is 11.3 Å². The molecule has 6 heteroatoms. The van der Waals surface area contributed by atoms with Gasteiger partial charge in [-0.1, -0.05) is 6.07 Å². The normalized spacial score (nSPS) is 20.2. The number of pyridine rings is 1. The van der Waals surface area contributed by atoms with E-state index in [4.69, 9.17) is 10.6 Å². The molecule has 0 aromatic carbocycles. The van der Waals surface area contributed by atoms with Crippen LogP contribution in [0.1, 0.15) is 29.0 Å². The number of nitrogens with two attached hydrogens (primary N) is 1. The molecule has 1 atom stereocenters. The van der Waals surface area contributed by atoms with E-state index in [1.54, 1.807) is 13.2 Å². The number of methoxy groups -OCH3 is 1. The molecule has 1 saturated heterocycles. The van der Waals surface area contributed by atoms with Gasteiger partial charge in [-0.3, -0.25) is 15.1 Å². The van der Waals surface area contributed by atoms with E-state index in [-0.39, 0.29) is 5.91 Å². The monoisotopic (exact) mass is 264 g/mol. The molecule has 0 radical (unpaired) electrons. The number of nitrogen functional groups attached to an aromatic ring is 1. The Morgan fingerprint density at radius 3 is 3.21 bits per heavy atom. The maximum absolute atomic E-state index is 11.4. The number of rotatable bonds is 4. The average Bonchev–Trinajstić information content (AvgIpc) is 2.47. The highest BCUT2D eigenvalue weighted by Gasteiger charge is 2.19. The summed E-state index contributed by atoms with van der Waals surface area (Å²) < 4.78 is 5.40. The Balaban J connectivity index is 2.00. The van der Waals surface area contributed by atoms with Gasteiger partial charge in [0.15, 0.2) is 0 Å². The van der Waals surface area contributed by atoms with Crippen LogP contribution in [0.2, 0.25) is 0 Å². The second-order valence-electron chi connectivity index (χ2n) is 4.72. The largest absolute Gasteiger partial charge is 0.380 e. The van der Waals surface area contributed by atoms with Crippen molar-refractivity contribution >= 4 is 5.91 Å². The fourth-order valence-electron chi connectivity index (χ4n) is 2.35. The van der Waals surface area contributed by atoms with Gasteiger partial charge in [0, 0.05) is 20.2 Å². The predicted molar refractivity (Wildman–Crippen MR) is 71.2 cm³/mol. The van der Waals surface area contributed by atoms with Gasteiger partial charge < -0.3 is 4.74 Å². The van der Waals surface area contributed by atoms with Crippen LogP contribution in [-0.4, -0.2) is 42.1 Å². The van der Waals surface area contributed by atoms with Crippen molar-refractivity contribution in [2.24, 2.45) is 5.84 Å². The van der Waals surface area contributed by atoms with Gasteiger partial charge in [0.05, 0.1) is 11.8 Å². The number of piperidine rings is 1. The first-order chi connectivity index (χ1) is 9.22. The molecule has 0 spiro atoms.